The van der Waals surface area contributed by atoms with E-state index in [0.717, 1.165) is 30.7 Å². The number of hydrogen-bond donors (Lipinski definition) is 1. The van der Waals surface area contributed by atoms with Gasteiger partial charge in [0.1, 0.15) is 0 Å². The maximum absolute atomic E-state index is 12.8. The predicted octanol–water partition coefficient (Wildman–Crippen LogP) is 2.83. The highest BCUT2D eigenvalue weighted by Crippen LogP contribution is 2.34. The first-order valence-electron chi connectivity index (χ1n) is 7.87. The molecule has 3 nitrogen and oxygen atoms in total. The van der Waals surface area contributed by atoms with Gasteiger partial charge in [0.2, 0.25) is 0 Å². The lowest BCUT2D eigenvalue weighted by Gasteiger charge is -2.31. The van der Waals surface area contributed by atoms with Crippen molar-refractivity contribution in [3.05, 3.63) is 21.4 Å². The highest BCUT2D eigenvalue weighted by molar-refractivity contribution is 7.14. The number of nitrogens with zero attached hydrogens (tertiary/aromatic N) is 1. The first kappa shape index (κ1) is 14.1. The summed E-state index contributed by atoms with van der Waals surface area (Å²) in [5.41, 5.74) is 7.29. The van der Waals surface area contributed by atoms with E-state index in [1.807, 2.05) is 0 Å². The van der Waals surface area contributed by atoms with Gasteiger partial charge in [-0.2, -0.15) is 0 Å². The molecule has 1 heterocycles. The van der Waals surface area contributed by atoms with Crippen molar-refractivity contribution in [1.29, 1.82) is 0 Å². The Morgan fingerprint density at radius 1 is 1.40 bits per heavy atom. The Morgan fingerprint density at radius 3 is 2.95 bits per heavy atom. The van der Waals surface area contributed by atoms with Gasteiger partial charge in [0.25, 0.3) is 5.91 Å². The van der Waals surface area contributed by atoms with E-state index in [0.29, 0.717) is 18.5 Å². The molecule has 1 amide bonds. The summed E-state index contributed by atoms with van der Waals surface area (Å²) in [6.07, 6.45) is 7.06. The van der Waals surface area contributed by atoms with Crippen molar-refractivity contribution in [2.45, 2.75) is 51.5 Å². The van der Waals surface area contributed by atoms with Crippen LogP contribution in [0.5, 0.6) is 0 Å². The second kappa shape index (κ2) is 5.86. The molecule has 0 saturated heterocycles. The Kier molecular flexibility index (Phi) is 4.13. The van der Waals surface area contributed by atoms with Crippen LogP contribution >= 0.6 is 11.3 Å². The SMILES string of the molecule is CCN(C(=O)c1cc2c(s1)CCC2)C1CCCC1CN. The quantitative estimate of drug-likeness (QED) is 0.927. The van der Waals surface area contributed by atoms with Gasteiger partial charge in [-0.1, -0.05) is 6.42 Å². The summed E-state index contributed by atoms with van der Waals surface area (Å²) in [5, 5.41) is 0. The minimum Gasteiger partial charge on any atom is -0.335 e. The van der Waals surface area contributed by atoms with Gasteiger partial charge in [0, 0.05) is 17.5 Å². The van der Waals surface area contributed by atoms with E-state index >= 15 is 0 Å². The Labute approximate surface area is 125 Å². The molecule has 3 rings (SSSR count). The zero-order valence-electron chi connectivity index (χ0n) is 12.2. The van der Waals surface area contributed by atoms with Crippen molar-refractivity contribution < 1.29 is 4.79 Å². The fourth-order valence-corrected chi connectivity index (χ4v) is 5.02. The van der Waals surface area contributed by atoms with Gasteiger partial charge < -0.3 is 10.6 Å². The summed E-state index contributed by atoms with van der Waals surface area (Å²) < 4.78 is 0. The van der Waals surface area contributed by atoms with Crippen molar-refractivity contribution in [3.63, 3.8) is 0 Å². The summed E-state index contributed by atoms with van der Waals surface area (Å²) >= 11 is 1.72. The highest BCUT2D eigenvalue weighted by atomic mass is 32.1. The molecule has 110 valence electrons. The number of carbonyl (C=O) groups excluding carboxylic acids is 1. The lowest BCUT2D eigenvalue weighted by atomic mass is 10.0. The molecule has 2 unspecified atom stereocenters. The molecular formula is C16H24N2OS. The molecule has 2 atom stereocenters. The maximum atomic E-state index is 12.8. The van der Waals surface area contributed by atoms with E-state index in [4.69, 9.17) is 5.73 Å². The van der Waals surface area contributed by atoms with Gasteiger partial charge in [-0.05, 0) is 63.1 Å². The van der Waals surface area contributed by atoms with Gasteiger partial charge in [-0.15, -0.1) is 11.3 Å². The van der Waals surface area contributed by atoms with Crippen molar-refractivity contribution in [2.24, 2.45) is 11.7 Å². The van der Waals surface area contributed by atoms with Crippen LogP contribution in [0.4, 0.5) is 0 Å². The number of carbonyl (C=O) groups is 1. The van der Waals surface area contributed by atoms with Gasteiger partial charge in [-0.25, -0.2) is 0 Å². The second-order valence-corrected chi connectivity index (χ2v) is 7.13. The highest BCUT2D eigenvalue weighted by Gasteiger charge is 2.34. The molecule has 0 radical (unpaired) electrons. The molecule has 0 bridgehead atoms. The molecule has 20 heavy (non-hydrogen) atoms. The van der Waals surface area contributed by atoms with Gasteiger partial charge >= 0.3 is 0 Å². The molecule has 4 heteroatoms. The van der Waals surface area contributed by atoms with E-state index in [2.05, 4.69) is 17.9 Å². The normalized spacial score (nSPS) is 24.9. The Hall–Kier alpha value is -0.870. The number of amides is 1. The number of fused-ring (bicyclic) bond motifs is 1. The van der Waals surface area contributed by atoms with E-state index in [-0.39, 0.29) is 5.91 Å². The molecule has 0 spiro atoms. The summed E-state index contributed by atoms with van der Waals surface area (Å²) in [5.74, 6) is 0.725. The molecular weight excluding hydrogens is 268 g/mol. The largest absolute Gasteiger partial charge is 0.335 e. The van der Waals surface area contributed by atoms with Gasteiger partial charge in [-0.3, -0.25) is 4.79 Å². The molecule has 1 fully saturated rings. The van der Waals surface area contributed by atoms with E-state index in [1.165, 1.54) is 29.7 Å². The molecule has 1 aromatic heterocycles. The third-order valence-electron chi connectivity index (χ3n) is 4.88. The summed E-state index contributed by atoms with van der Waals surface area (Å²) in [6.45, 7) is 3.59. The average Bonchev–Trinajstić information content (AvgIpc) is 3.14. The number of thiophene rings is 1. The lowest BCUT2D eigenvalue weighted by Crippen LogP contribution is -2.43. The van der Waals surface area contributed by atoms with E-state index < -0.39 is 0 Å². The van der Waals surface area contributed by atoms with Crippen LogP contribution in [0.2, 0.25) is 0 Å². The fourth-order valence-electron chi connectivity index (χ4n) is 3.81. The first-order chi connectivity index (χ1) is 9.74. The third kappa shape index (κ3) is 2.40. The van der Waals surface area contributed by atoms with Crippen LogP contribution in [0.1, 0.15) is 52.7 Å². The second-order valence-electron chi connectivity index (χ2n) is 6.00. The number of hydrogen-bond acceptors (Lipinski definition) is 3. The fraction of sp³-hybridized carbons (Fsp3) is 0.688. The molecule has 2 aliphatic rings. The average molecular weight is 292 g/mol. The molecule has 0 aliphatic heterocycles. The van der Waals surface area contributed by atoms with Crippen LogP contribution in [0.15, 0.2) is 6.07 Å². The summed E-state index contributed by atoms with van der Waals surface area (Å²) in [7, 11) is 0. The van der Waals surface area contributed by atoms with E-state index in [1.54, 1.807) is 11.3 Å². The van der Waals surface area contributed by atoms with Crippen LogP contribution in [0.25, 0.3) is 0 Å². The monoisotopic (exact) mass is 292 g/mol. The molecule has 1 saturated carbocycles. The van der Waals surface area contributed by atoms with Crippen LogP contribution in [-0.2, 0) is 12.8 Å². The minimum absolute atomic E-state index is 0.234. The summed E-state index contributed by atoms with van der Waals surface area (Å²) in [4.78, 5) is 17.3. The smallest absolute Gasteiger partial charge is 0.264 e. The van der Waals surface area contributed by atoms with Gasteiger partial charge in [0.05, 0.1) is 4.88 Å². The van der Waals surface area contributed by atoms with Crippen LogP contribution in [0, 0.1) is 5.92 Å². The van der Waals surface area contributed by atoms with Crippen molar-refractivity contribution >= 4 is 17.2 Å². The summed E-state index contributed by atoms with van der Waals surface area (Å²) in [6, 6.07) is 2.50. The lowest BCUT2D eigenvalue weighted by molar-refractivity contribution is 0.0657. The molecule has 2 N–H and O–H groups in total. The number of rotatable bonds is 4. The maximum Gasteiger partial charge on any atom is 0.264 e. The van der Waals surface area contributed by atoms with Crippen molar-refractivity contribution in [1.82, 2.24) is 4.90 Å². The predicted molar refractivity (Wildman–Crippen MR) is 83.2 cm³/mol. The minimum atomic E-state index is 0.234. The van der Waals surface area contributed by atoms with Crippen LogP contribution in [0.3, 0.4) is 0 Å². The number of aryl methyl sites for hydroxylation is 2. The topological polar surface area (TPSA) is 46.3 Å². The zero-order valence-corrected chi connectivity index (χ0v) is 13.0. The van der Waals surface area contributed by atoms with Crippen molar-refractivity contribution in [3.8, 4) is 0 Å². The van der Waals surface area contributed by atoms with Crippen LogP contribution in [-0.4, -0.2) is 29.9 Å². The van der Waals surface area contributed by atoms with E-state index in [9.17, 15) is 4.79 Å². The first-order valence-corrected chi connectivity index (χ1v) is 8.68. The Morgan fingerprint density at radius 2 is 2.25 bits per heavy atom. The van der Waals surface area contributed by atoms with Crippen molar-refractivity contribution in [2.75, 3.05) is 13.1 Å². The Balaban J connectivity index is 1.79. The molecule has 2 aliphatic carbocycles. The van der Waals surface area contributed by atoms with Crippen LogP contribution < -0.4 is 5.73 Å². The standard InChI is InChI=1S/C16H24N2OS/c1-2-18(13-7-3-6-12(13)10-17)16(19)15-9-11-5-4-8-14(11)20-15/h9,12-13H,2-8,10,17H2,1H3. The zero-order chi connectivity index (χ0) is 14.1. The molecule has 0 aromatic carbocycles. The number of nitrogens with two attached hydrogens (primary N) is 1. The molecule has 1 aromatic rings. The third-order valence-corrected chi connectivity index (χ3v) is 6.11. The van der Waals surface area contributed by atoms with Gasteiger partial charge in [0.15, 0.2) is 0 Å². The Bertz CT molecular complexity index is 475.